The van der Waals surface area contributed by atoms with E-state index in [4.69, 9.17) is 0 Å². The molecule has 0 saturated carbocycles. The van der Waals surface area contributed by atoms with Gasteiger partial charge in [-0.1, -0.05) is 30.3 Å². The van der Waals surface area contributed by atoms with E-state index < -0.39 is 5.82 Å². The molecule has 0 bridgehead atoms. The van der Waals surface area contributed by atoms with Gasteiger partial charge in [-0.15, -0.1) is 0 Å². The molecule has 1 saturated heterocycles. The third kappa shape index (κ3) is 2.49. The largest absolute Gasteiger partial charge is 0.395 e. The molecule has 0 aromatic heterocycles. The van der Waals surface area contributed by atoms with Gasteiger partial charge in [-0.05, 0) is 30.8 Å². The van der Waals surface area contributed by atoms with Crippen LogP contribution in [0.15, 0.2) is 48.5 Å². The monoisotopic (exact) mass is 341 g/mol. The van der Waals surface area contributed by atoms with E-state index in [1.807, 2.05) is 31.3 Å². The molecule has 1 fully saturated rings. The zero-order valence-corrected chi connectivity index (χ0v) is 13.9. The van der Waals surface area contributed by atoms with E-state index >= 15 is 0 Å². The Hall–Kier alpha value is -2.44. The van der Waals surface area contributed by atoms with Gasteiger partial charge in [0.2, 0.25) is 0 Å². The summed E-state index contributed by atoms with van der Waals surface area (Å²) in [7, 11) is 1.96. The van der Waals surface area contributed by atoms with Crippen LogP contribution in [0.3, 0.4) is 0 Å². The number of carbonyl (C=O) groups excluding carboxylic acids is 1. The molecule has 0 spiro atoms. The zero-order valence-electron chi connectivity index (χ0n) is 13.9. The number of hydrogen-bond acceptors (Lipinski definition) is 3. The number of benzene rings is 2. The molecule has 2 aliphatic heterocycles. The average molecular weight is 341 g/mol. The number of likely N-dealkylation sites (tertiary alicyclic amines) is 1. The Morgan fingerprint density at radius 2 is 1.96 bits per heavy atom. The van der Waals surface area contributed by atoms with Gasteiger partial charge in [0, 0.05) is 30.2 Å². The molecular formula is C19H20FN3O2. The first-order chi connectivity index (χ1) is 12.1. The summed E-state index contributed by atoms with van der Waals surface area (Å²) >= 11 is 0. The summed E-state index contributed by atoms with van der Waals surface area (Å²) in [6.07, 6.45) is 0. The quantitative estimate of drug-likeness (QED) is 0.883. The lowest BCUT2D eigenvalue weighted by Crippen LogP contribution is -2.68. The van der Waals surface area contributed by atoms with Crippen LogP contribution in [0, 0.1) is 5.82 Å². The van der Waals surface area contributed by atoms with Crippen molar-refractivity contribution < 1.29 is 14.3 Å². The van der Waals surface area contributed by atoms with Crippen LogP contribution in [0.1, 0.15) is 11.5 Å². The highest BCUT2D eigenvalue weighted by Gasteiger charge is 2.51. The van der Waals surface area contributed by atoms with Crippen LogP contribution in [-0.2, 0) is 0 Å². The SMILES string of the molecule is CN1[C@@H](CO)[C@@H]2c3ccccc3N(C(=O)Nc3ccccc3F)C[C@@H]21. The van der Waals surface area contributed by atoms with Crippen molar-refractivity contribution >= 4 is 17.4 Å². The van der Waals surface area contributed by atoms with Crippen molar-refractivity contribution in [2.75, 3.05) is 30.4 Å². The van der Waals surface area contributed by atoms with Crippen molar-refractivity contribution in [3.05, 3.63) is 59.9 Å². The number of nitrogens with zero attached hydrogens (tertiary/aromatic N) is 2. The average Bonchev–Trinajstić information content (AvgIpc) is 2.63. The molecule has 25 heavy (non-hydrogen) atoms. The lowest BCUT2D eigenvalue weighted by molar-refractivity contribution is -0.0202. The Bertz CT molecular complexity index is 813. The van der Waals surface area contributed by atoms with Gasteiger partial charge < -0.3 is 10.4 Å². The second-order valence-corrected chi connectivity index (χ2v) is 6.59. The maximum absolute atomic E-state index is 13.9. The summed E-state index contributed by atoms with van der Waals surface area (Å²) in [6, 6.07) is 13.8. The van der Waals surface area contributed by atoms with Crippen LogP contribution in [0.2, 0.25) is 0 Å². The Morgan fingerprint density at radius 3 is 2.72 bits per heavy atom. The molecule has 3 atom stereocenters. The molecular weight excluding hydrogens is 321 g/mol. The van der Waals surface area contributed by atoms with Crippen molar-refractivity contribution in [3.63, 3.8) is 0 Å². The third-order valence-electron chi connectivity index (χ3n) is 5.38. The Kier molecular flexibility index (Phi) is 3.94. The third-order valence-corrected chi connectivity index (χ3v) is 5.38. The highest BCUT2D eigenvalue weighted by Crippen LogP contribution is 2.47. The number of amides is 2. The molecule has 2 aromatic rings. The highest BCUT2D eigenvalue weighted by atomic mass is 19.1. The van der Waals surface area contributed by atoms with E-state index in [0.29, 0.717) is 6.54 Å². The molecule has 2 amide bonds. The standard InChI is InChI=1S/C19H20FN3O2/c1-22-16-10-23(19(25)21-14-8-4-3-7-13(14)20)15-9-5-2-6-12(15)18(16)17(22)11-24/h2-9,16-18,24H,10-11H2,1H3,(H,21,25)/t16-,17-,18+/m0/s1. The normalized spacial score (nSPS) is 24.9. The van der Waals surface area contributed by atoms with Crippen LogP contribution in [0.4, 0.5) is 20.6 Å². The number of fused-ring (bicyclic) bond motifs is 3. The first-order valence-electron chi connectivity index (χ1n) is 8.36. The predicted molar refractivity (Wildman–Crippen MR) is 94.4 cm³/mol. The molecule has 5 nitrogen and oxygen atoms in total. The maximum Gasteiger partial charge on any atom is 0.326 e. The number of halogens is 1. The van der Waals surface area contributed by atoms with E-state index in [9.17, 15) is 14.3 Å². The van der Waals surface area contributed by atoms with Gasteiger partial charge in [-0.25, -0.2) is 9.18 Å². The van der Waals surface area contributed by atoms with Gasteiger partial charge in [0.1, 0.15) is 5.82 Å². The number of urea groups is 1. The van der Waals surface area contributed by atoms with Gasteiger partial charge in [-0.2, -0.15) is 0 Å². The Balaban J connectivity index is 1.65. The minimum Gasteiger partial charge on any atom is -0.395 e. The van der Waals surface area contributed by atoms with Crippen LogP contribution in [-0.4, -0.2) is 48.3 Å². The first kappa shape index (κ1) is 16.1. The zero-order chi connectivity index (χ0) is 17.6. The number of para-hydroxylation sites is 2. The van der Waals surface area contributed by atoms with Gasteiger partial charge >= 0.3 is 6.03 Å². The van der Waals surface area contributed by atoms with Crippen LogP contribution in [0.25, 0.3) is 0 Å². The lowest BCUT2D eigenvalue weighted by atomic mass is 9.72. The minimum absolute atomic E-state index is 0.0722. The summed E-state index contributed by atoms with van der Waals surface area (Å²) in [6.45, 7) is 0.600. The fraction of sp³-hybridized carbons (Fsp3) is 0.316. The smallest absolute Gasteiger partial charge is 0.326 e. The second-order valence-electron chi connectivity index (χ2n) is 6.59. The molecule has 0 radical (unpaired) electrons. The molecule has 4 rings (SSSR count). The van der Waals surface area contributed by atoms with Gasteiger partial charge in [0.15, 0.2) is 0 Å². The summed E-state index contributed by atoms with van der Waals surface area (Å²) in [5, 5.41) is 12.3. The Labute approximate surface area is 145 Å². The maximum atomic E-state index is 13.9. The van der Waals surface area contributed by atoms with E-state index in [-0.39, 0.29) is 36.3 Å². The van der Waals surface area contributed by atoms with Gasteiger partial charge in [0.05, 0.1) is 12.3 Å². The topological polar surface area (TPSA) is 55.8 Å². The molecule has 0 unspecified atom stereocenters. The summed E-state index contributed by atoms with van der Waals surface area (Å²) < 4.78 is 13.9. The Morgan fingerprint density at radius 1 is 1.24 bits per heavy atom. The molecule has 2 heterocycles. The van der Waals surface area contributed by atoms with Crippen LogP contribution < -0.4 is 10.2 Å². The molecule has 2 aromatic carbocycles. The second kappa shape index (κ2) is 6.13. The fourth-order valence-electron chi connectivity index (χ4n) is 4.04. The summed E-state index contributed by atoms with van der Waals surface area (Å²) in [5.41, 5.74) is 2.05. The number of hydrogen-bond donors (Lipinski definition) is 2. The highest BCUT2D eigenvalue weighted by molar-refractivity contribution is 6.03. The van der Waals surface area contributed by atoms with E-state index in [1.165, 1.54) is 6.07 Å². The number of nitrogens with one attached hydrogen (secondary N) is 1. The number of aliphatic hydroxyl groups is 1. The predicted octanol–water partition coefficient (Wildman–Crippen LogP) is 2.64. The van der Waals surface area contributed by atoms with E-state index in [1.54, 1.807) is 23.1 Å². The molecule has 0 aliphatic carbocycles. The number of rotatable bonds is 2. The fourth-order valence-corrected chi connectivity index (χ4v) is 4.04. The number of anilines is 2. The van der Waals surface area contributed by atoms with Crippen LogP contribution >= 0.6 is 0 Å². The summed E-state index contributed by atoms with van der Waals surface area (Å²) in [4.78, 5) is 16.6. The van der Waals surface area contributed by atoms with Crippen molar-refractivity contribution in [2.45, 2.75) is 18.0 Å². The van der Waals surface area contributed by atoms with Crippen molar-refractivity contribution in [3.8, 4) is 0 Å². The van der Waals surface area contributed by atoms with E-state index in [2.05, 4.69) is 10.2 Å². The van der Waals surface area contributed by atoms with E-state index in [0.717, 1.165) is 11.3 Å². The van der Waals surface area contributed by atoms with Crippen molar-refractivity contribution in [1.29, 1.82) is 0 Å². The molecule has 130 valence electrons. The van der Waals surface area contributed by atoms with Gasteiger partial charge in [-0.3, -0.25) is 9.80 Å². The van der Waals surface area contributed by atoms with Gasteiger partial charge in [0.25, 0.3) is 0 Å². The summed E-state index contributed by atoms with van der Waals surface area (Å²) in [5.74, 6) is -0.246. The lowest BCUT2D eigenvalue weighted by Gasteiger charge is -2.57. The van der Waals surface area contributed by atoms with Crippen molar-refractivity contribution in [2.24, 2.45) is 0 Å². The molecule has 2 N–H and O–H groups in total. The number of aliphatic hydroxyl groups excluding tert-OH is 1. The molecule has 2 aliphatic rings. The first-order valence-corrected chi connectivity index (χ1v) is 8.36. The van der Waals surface area contributed by atoms with Crippen molar-refractivity contribution in [1.82, 2.24) is 4.90 Å². The molecule has 6 heteroatoms. The number of likely N-dealkylation sites (N-methyl/N-ethyl adjacent to an activating group) is 1. The van der Waals surface area contributed by atoms with Crippen LogP contribution in [0.5, 0.6) is 0 Å². The minimum atomic E-state index is -0.458. The number of carbonyl (C=O) groups is 1.